The summed E-state index contributed by atoms with van der Waals surface area (Å²) in [5.41, 5.74) is 3.76. The number of aryl methyl sites for hydroxylation is 2. The highest BCUT2D eigenvalue weighted by atomic mass is 16.5. The SMILES string of the molecule is CCOc1ccc(-c2ccc(OCCNC(=O)C(C)Oc3cc(C)ccc3C)nn2)cc1. The van der Waals surface area contributed by atoms with Crippen molar-refractivity contribution >= 4 is 5.91 Å². The third-order valence-electron chi connectivity index (χ3n) is 4.77. The average Bonchev–Trinajstić information content (AvgIpc) is 2.80. The summed E-state index contributed by atoms with van der Waals surface area (Å²) in [6.45, 7) is 8.86. The molecule has 7 heteroatoms. The second-order valence-electron chi connectivity index (χ2n) is 7.38. The summed E-state index contributed by atoms with van der Waals surface area (Å²) in [5, 5.41) is 11.1. The highest BCUT2D eigenvalue weighted by Crippen LogP contribution is 2.22. The molecule has 0 spiro atoms. The molecule has 0 radical (unpaired) electrons. The number of benzene rings is 2. The van der Waals surface area contributed by atoms with Gasteiger partial charge in [-0.3, -0.25) is 4.79 Å². The lowest BCUT2D eigenvalue weighted by Crippen LogP contribution is -2.38. The minimum Gasteiger partial charge on any atom is -0.494 e. The van der Waals surface area contributed by atoms with Crippen LogP contribution in [0.3, 0.4) is 0 Å². The molecule has 1 atom stereocenters. The zero-order chi connectivity index (χ0) is 22.9. The summed E-state index contributed by atoms with van der Waals surface area (Å²) >= 11 is 0. The average molecular weight is 436 g/mol. The summed E-state index contributed by atoms with van der Waals surface area (Å²) in [6.07, 6.45) is -0.608. The number of hydrogen-bond acceptors (Lipinski definition) is 6. The minimum absolute atomic E-state index is 0.202. The fraction of sp³-hybridized carbons (Fsp3) is 0.320. The van der Waals surface area contributed by atoms with Crippen molar-refractivity contribution in [1.82, 2.24) is 15.5 Å². The molecule has 0 saturated heterocycles. The normalized spacial score (nSPS) is 11.5. The van der Waals surface area contributed by atoms with E-state index in [-0.39, 0.29) is 12.5 Å². The third-order valence-corrected chi connectivity index (χ3v) is 4.77. The maximum Gasteiger partial charge on any atom is 0.260 e. The molecule has 0 aliphatic rings. The zero-order valence-electron chi connectivity index (χ0n) is 18.9. The van der Waals surface area contributed by atoms with Gasteiger partial charge >= 0.3 is 0 Å². The smallest absolute Gasteiger partial charge is 0.260 e. The molecule has 0 aliphatic heterocycles. The van der Waals surface area contributed by atoms with Crippen LogP contribution in [-0.2, 0) is 4.79 Å². The first kappa shape index (κ1) is 23.1. The summed E-state index contributed by atoms with van der Waals surface area (Å²) < 4.78 is 16.8. The van der Waals surface area contributed by atoms with Crippen LogP contribution in [0.2, 0.25) is 0 Å². The Bertz CT molecular complexity index is 1020. The second kappa shape index (κ2) is 11.1. The molecule has 1 N–H and O–H groups in total. The van der Waals surface area contributed by atoms with Crippen LogP contribution in [0, 0.1) is 13.8 Å². The summed E-state index contributed by atoms with van der Waals surface area (Å²) in [4.78, 5) is 12.3. The Balaban J connectivity index is 1.43. The molecule has 168 valence electrons. The van der Waals surface area contributed by atoms with Gasteiger partial charge in [-0.1, -0.05) is 12.1 Å². The zero-order valence-corrected chi connectivity index (χ0v) is 18.9. The predicted molar refractivity (Wildman–Crippen MR) is 123 cm³/mol. The lowest BCUT2D eigenvalue weighted by Gasteiger charge is -2.16. The first-order chi connectivity index (χ1) is 15.5. The van der Waals surface area contributed by atoms with Gasteiger partial charge in [-0.15, -0.1) is 10.2 Å². The maximum absolute atomic E-state index is 12.3. The van der Waals surface area contributed by atoms with Crippen molar-refractivity contribution in [3.05, 3.63) is 65.7 Å². The van der Waals surface area contributed by atoms with Crippen LogP contribution in [0.25, 0.3) is 11.3 Å². The lowest BCUT2D eigenvalue weighted by molar-refractivity contribution is -0.127. The first-order valence-corrected chi connectivity index (χ1v) is 10.7. The highest BCUT2D eigenvalue weighted by molar-refractivity contribution is 5.80. The Morgan fingerprint density at radius 3 is 2.47 bits per heavy atom. The molecule has 1 heterocycles. The van der Waals surface area contributed by atoms with E-state index >= 15 is 0 Å². The number of nitrogens with one attached hydrogen (secondary N) is 1. The van der Waals surface area contributed by atoms with Crippen molar-refractivity contribution in [3.8, 4) is 28.6 Å². The molecule has 3 rings (SSSR count). The Morgan fingerprint density at radius 2 is 1.78 bits per heavy atom. The van der Waals surface area contributed by atoms with Gasteiger partial charge in [0.1, 0.15) is 18.1 Å². The Kier molecular flexibility index (Phi) is 8.02. The van der Waals surface area contributed by atoms with E-state index in [9.17, 15) is 4.79 Å². The molecule has 2 aromatic carbocycles. The molecular weight excluding hydrogens is 406 g/mol. The van der Waals surface area contributed by atoms with E-state index < -0.39 is 6.10 Å². The largest absolute Gasteiger partial charge is 0.494 e. The Morgan fingerprint density at radius 1 is 1.00 bits per heavy atom. The fourth-order valence-electron chi connectivity index (χ4n) is 2.99. The molecule has 0 bridgehead atoms. The number of nitrogens with zero attached hydrogens (tertiary/aromatic N) is 2. The van der Waals surface area contributed by atoms with E-state index in [0.29, 0.717) is 24.8 Å². The maximum atomic E-state index is 12.3. The van der Waals surface area contributed by atoms with Crippen LogP contribution in [0.4, 0.5) is 0 Å². The van der Waals surface area contributed by atoms with E-state index in [2.05, 4.69) is 15.5 Å². The van der Waals surface area contributed by atoms with Crippen LogP contribution < -0.4 is 19.5 Å². The van der Waals surface area contributed by atoms with Crippen LogP contribution in [0.5, 0.6) is 17.4 Å². The van der Waals surface area contributed by atoms with Gasteiger partial charge in [0, 0.05) is 11.6 Å². The van der Waals surface area contributed by atoms with Gasteiger partial charge < -0.3 is 19.5 Å². The third kappa shape index (κ3) is 6.44. The molecule has 0 saturated carbocycles. The number of carbonyl (C=O) groups excluding carboxylic acids is 1. The molecule has 7 nitrogen and oxygen atoms in total. The van der Waals surface area contributed by atoms with Gasteiger partial charge in [0.25, 0.3) is 5.91 Å². The van der Waals surface area contributed by atoms with Gasteiger partial charge in [0.2, 0.25) is 5.88 Å². The van der Waals surface area contributed by atoms with Crippen LogP contribution in [0.15, 0.2) is 54.6 Å². The lowest BCUT2D eigenvalue weighted by atomic mass is 10.1. The number of rotatable bonds is 10. The first-order valence-electron chi connectivity index (χ1n) is 10.7. The van der Waals surface area contributed by atoms with Crippen molar-refractivity contribution in [2.45, 2.75) is 33.8 Å². The topological polar surface area (TPSA) is 82.6 Å². The van der Waals surface area contributed by atoms with E-state index in [4.69, 9.17) is 14.2 Å². The molecule has 32 heavy (non-hydrogen) atoms. The van der Waals surface area contributed by atoms with Crippen molar-refractivity contribution < 1.29 is 19.0 Å². The highest BCUT2D eigenvalue weighted by Gasteiger charge is 2.15. The predicted octanol–water partition coefficient (Wildman–Crippen LogP) is 4.12. The number of hydrogen-bond donors (Lipinski definition) is 1. The Labute approximate surface area is 188 Å². The van der Waals surface area contributed by atoms with Gasteiger partial charge in [-0.25, -0.2) is 0 Å². The fourth-order valence-corrected chi connectivity index (χ4v) is 2.99. The second-order valence-corrected chi connectivity index (χ2v) is 7.38. The van der Waals surface area contributed by atoms with Crippen molar-refractivity contribution in [3.63, 3.8) is 0 Å². The van der Waals surface area contributed by atoms with E-state index in [1.165, 1.54) is 0 Å². The molecule has 0 fully saturated rings. The number of amides is 1. The Hall–Kier alpha value is -3.61. The van der Waals surface area contributed by atoms with Crippen LogP contribution in [-0.4, -0.2) is 42.0 Å². The minimum atomic E-state index is -0.608. The van der Waals surface area contributed by atoms with Gasteiger partial charge in [0.05, 0.1) is 18.8 Å². The number of ether oxygens (including phenoxy) is 3. The van der Waals surface area contributed by atoms with Crippen LogP contribution in [0.1, 0.15) is 25.0 Å². The number of aromatic nitrogens is 2. The van der Waals surface area contributed by atoms with Gasteiger partial charge in [0.15, 0.2) is 6.10 Å². The molecular formula is C25H29N3O4. The number of carbonyl (C=O) groups is 1. The van der Waals surface area contributed by atoms with Crippen molar-refractivity contribution in [2.75, 3.05) is 19.8 Å². The molecule has 3 aromatic rings. The summed E-state index contributed by atoms with van der Waals surface area (Å²) in [7, 11) is 0. The standard InChI is InChI=1S/C25H29N3O4/c1-5-30-21-10-8-20(9-11-21)22-12-13-24(28-27-22)31-15-14-26-25(29)19(4)32-23-16-17(2)6-7-18(23)3/h6-13,16,19H,5,14-15H2,1-4H3,(H,26,29). The van der Waals surface area contributed by atoms with E-state index in [1.807, 2.05) is 69.3 Å². The van der Waals surface area contributed by atoms with E-state index in [1.54, 1.807) is 13.0 Å². The quantitative estimate of drug-likeness (QED) is 0.483. The monoisotopic (exact) mass is 435 g/mol. The van der Waals surface area contributed by atoms with Crippen LogP contribution >= 0.6 is 0 Å². The molecule has 1 amide bonds. The summed E-state index contributed by atoms with van der Waals surface area (Å²) in [6, 6.07) is 17.2. The molecule has 1 unspecified atom stereocenters. The molecule has 1 aromatic heterocycles. The molecule has 0 aliphatic carbocycles. The van der Waals surface area contributed by atoms with Gasteiger partial charge in [-0.05, 0) is 75.2 Å². The van der Waals surface area contributed by atoms with Gasteiger partial charge in [-0.2, -0.15) is 0 Å². The summed E-state index contributed by atoms with van der Waals surface area (Å²) in [5.74, 6) is 1.73. The van der Waals surface area contributed by atoms with Crippen molar-refractivity contribution in [2.24, 2.45) is 0 Å². The van der Waals surface area contributed by atoms with Crippen molar-refractivity contribution in [1.29, 1.82) is 0 Å². The van der Waals surface area contributed by atoms with E-state index in [0.717, 1.165) is 28.1 Å².